The molecule has 0 bridgehead atoms. The van der Waals surface area contributed by atoms with Gasteiger partial charge in [-0.1, -0.05) is 5.16 Å². The molecular weight excluding hydrogens is 498 g/mol. The number of hydrogen-bond donors (Lipinski definition) is 4. The molecule has 1 aliphatic rings. The summed E-state index contributed by atoms with van der Waals surface area (Å²) in [6.45, 7) is 3.61. The highest BCUT2D eigenvalue weighted by atomic mass is 32.2. The monoisotopic (exact) mass is 517 g/mol. The second kappa shape index (κ2) is 8.91. The van der Waals surface area contributed by atoms with Crippen LogP contribution in [0.4, 0.5) is 5.13 Å². The first kappa shape index (κ1) is 24.9. The Kier molecular flexibility index (Phi) is 6.53. The summed E-state index contributed by atoms with van der Waals surface area (Å²) in [5.41, 5.74) is 3.18. The number of nitrogens with zero attached hydrogens (tertiary/aromatic N) is 7. The minimum absolute atomic E-state index is 0.0669. The summed E-state index contributed by atoms with van der Waals surface area (Å²) in [5.74, 6) is -3.26. The third-order valence-corrected chi connectivity index (χ3v) is 6.26. The number of carboxylic acid groups (broad SMARTS) is 1. The summed E-state index contributed by atoms with van der Waals surface area (Å²) in [4.78, 5) is 45.6. The van der Waals surface area contributed by atoms with E-state index >= 15 is 0 Å². The van der Waals surface area contributed by atoms with Gasteiger partial charge in [-0.05, 0) is 31.2 Å². The van der Waals surface area contributed by atoms with Gasteiger partial charge in [0.2, 0.25) is 5.60 Å². The van der Waals surface area contributed by atoms with Gasteiger partial charge in [0.15, 0.2) is 10.8 Å². The number of tetrazole rings is 1. The van der Waals surface area contributed by atoms with E-state index in [-0.39, 0.29) is 27.5 Å². The Labute approximate surface area is 195 Å². The van der Waals surface area contributed by atoms with E-state index in [1.54, 1.807) is 0 Å². The number of carbonyl (C=O) groups is 3. The fraction of sp³-hybridized carbons (Fsp3) is 0.467. The summed E-state index contributed by atoms with van der Waals surface area (Å²) < 4.78 is 34.1. The smallest absolute Gasteiger partial charge is 0.362 e. The lowest BCUT2D eigenvalue weighted by atomic mass is 9.98. The van der Waals surface area contributed by atoms with Crippen molar-refractivity contribution in [2.45, 2.75) is 45.0 Å². The molecule has 19 heteroatoms. The van der Waals surface area contributed by atoms with Crippen LogP contribution in [0.3, 0.4) is 0 Å². The number of nitrogens with two attached hydrogens (primary N) is 1. The molecule has 1 fully saturated rings. The van der Waals surface area contributed by atoms with Gasteiger partial charge in [0.1, 0.15) is 17.6 Å². The Bertz CT molecular complexity index is 1270. The molecule has 1 saturated heterocycles. The molecular formula is C15H19N9O8S2. The van der Waals surface area contributed by atoms with Crippen LogP contribution in [0, 0.1) is 6.92 Å². The molecule has 1 aliphatic heterocycles. The largest absolute Gasteiger partial charge is 0.478 e. The normalized spacial score (nSPS) is 19.0. The lowest BCUT2D eigenvalue weighted by molar-refractivity contribution is -0.161. The molecule has 0 aliphatic carbocycles. The molecule has 0 spiro atoms. The molecule has 34 heavy (non-hydrogen) atoms. The Balaban J connectivity index is 1.90. The summed E-state index contributed by atoms with van der Waals surface area (Å²) in [7, 11) is -4.95. The number of aryl methyl sites for hydroxylation is 1. The van der Waals surface area contributed by atoms with Gasteiger partial charge in [0.25, 0.3) is 11.8 Å². The van der Waals surface area contributed by atoms with Crippen LogP contribution < -0.4 is 11.1 Å². The molecule has 2 atom stereocenters. The van der Waals surface area contributed by atoms with Crippen LogP contribution in [0.1, 0.15) is 25.4 Å². The summed E-state index contributed by atoms with van der Waals surface area (Å²) in [6, 6.07) is -2.72. The Morgan fingerprint density at radius 2 is 2.09 bits per heavy atom. The first-order valence-electron chi connectivity index (χ1n) is 9.27. The van der Waals surface area contributed by atoms with E-state index in [0.717, 1.165) is 11.3 Å². The maximum atomic E-state index is 13.0. The average Bonchev–Trinajstić information content (AvgIpc) is 3.32. The second-order valence-electron chi connectivity index (χ2n) is 7.46. The lowest BCUT2D eigenvalue weighted by Gasteiger charge is -2.43. The van der Waals surface area contributed by atoms with Crippen molar-refractivity contribution in [1.29, 1.82) is 0 Å². The fourth-order valence-corrected chi connectivity index (χ4v) is 4.16. The first-order chi connectivity index (χ1) is 15.7. The van der Waals surface area contributed by atoms with E-state index in [4.69, 9.17) is 10.6 Å². The third kappa shape index (κ3) is 4.94. The number of amides is 2. The highest BCUT2D eigenvalue weighted by Gasteiger charge is 2.54. The second-order valence-corrected chi connectivity index (χ2v) is 9.63. The lowest BCUT2D eigenvalue weighted by Crippen LogP contribution is -2.73. The van der Waals surface area contributed by atoms with Crippen molar-refractivity contribution >= 4 is 50.3 Å². The third-order valence-electron chi connectivity index (χ3n) is 4.64. The number of nitrogens with one attached hydrogen (secondary N) is 1. The summed E-state index contributed by atoms with van der Waals surface area (Å²) >= 11 is 0.959. The van der Waals surface area contributed by atoms with E-state index in [1.165, 1.54) is 30.8 Å². The summed E-state index contributed by atoms with van der Waals surface area (Å²) in [6.07, 6.45) is 0. The predicted octanol–water partition coefficient (Wildman–Crippen LogP) is -2.20. The van der Waals surface area contributed by atoms with Crippen molar-refractivity contribution in [2.24, 2.45) is 5.16 Å². The minimum atomic E-state index is -4.95. The minimum Gasteiger partial charge on any atom is -0.478 e. The molecule has 1 unspecified atom stereocenters. The number of anilines is 1. The number of thiazole rings is 1. The van der Waals surface area contributed by atoms with Crippen molar-refractivity contribution in [3.8, 4) is 0 Å². The van der Waals surface area contributed by atoms with Gasteiger partial charge in [-0.2, -0.15) is 8.42 Å². The maximum Gasteiger partial charge on any atom is 0.362 e. The Morgan fingerprint density at radius 1 is 1.41 bits per heavy atom. The number of aliphatic carboxylic acids is 1. The van der Waals surface area contributed by atoms with Crippen LogP contribution in [0.2, 0.25) is 0 Å². The van der Waals surface area contributed by atoms with Crippen molar-refractivity contribution in [1.82, 2.24) is 34.8 Å². The van der Waals surface area contributed by atoms with Gasteiger partial charge >= 0.3 is 16.3 Å². The van der Waals surface area contributed by atoms with Gasteiger partial charge < -0.3 is 21.0 Å². The van der Waals surface area contributed by atoms with Gasteiger partial charge in [0, 0.05) is 5.38 Å². The van der Waals surface area contributed by atoms with Gasteiger partial charge in [-0.3, -0.25) is 14.1 Å². The van der Waals surface area contributed by atoms with Crippen LogP contribution in [0.15, 0.2) is 10.5 Å². The molecule has 0 aromatic carbocycles. The van der Waals surface area contributed by atoms with Crippen LogP contribution in [-0.2, 0) is 36.1 Å². The zero-order valence-corrected chi connectivity index (χ0v) is 19.4. The number of β-lactam (4-membered cyclic amide) rings is 1. The maximum absolute atomic E-state index is 13.0. The van der Waals surface area contributed by atoms with Crippen LogP contribution >= 0.6 is 11.3 Å². The topological polar surface area (TPSA) is 245 Å². The molecule has 0 radical (unpaired) electrons. The fourth-order valence-electron chi connectivity index (χ4n) is 2.75. The van der Waals surface area contributed by atoms with E-state index in [2.05, 4.69) is 31.0 Å². The number of hydrogen-bond acceptors (Lipinski definition) is 13. The van der Waals surface area contributed by atoms with E-state index in [0.29, 0.717) is 0 Å². The van der Waals surface area contributed by atoms with Crippen LogP contribution in [-0.4, -0.2) is 88.8 Å². The molecule has 3 rings (SSSR count). The Morgan fingerprint density at radius 3 is 2.59 bits per heavy atom. The van der Waals surface area contributed by atoms with E-state index < -0.39 is 51.5 Å². The van der Waals surface area contributed by atoms with Gasteiger partial charge in [-0.25, -0.2) is 18.8 Å². The molecule has 2 aromatic rings. The van der Waals surface area contributed by atoms with Crippen LogP contribution in [0.5, 0.6) is 0 Å². The number of oxime groups is 1. The highest BCUT2D eigenvalue weighted by molar-refractivity contribution is 7.84. The number of carboxylic acids is 1. The number of rotatable bonds is 9. The zero-order valence-electron chi connectivity index (χ0n) is 17.8. The van der Waals surface area contributed by atoms with E-state index in [9.17, 15) is 32.5 Å². The average molecular weight is 518 g/mol. The molecule has 0 saturated carbocycles. The first-order valence-corrected chi connectivity index (χ1v) is 11.5. The predicted molar refractivity (Wildman–Crippen MR) is 113 cm³/mol. The quantitative estimate of drug-likeness (QED) is 0.119. The number of carbonyl (C=O) groups excluding carboxylic acids is 2. The zero-order chi connectivity index (χ0) is 25.4. The molecule has 184 valence electrons. The van der Waals surface area contributed by atoms with Crippen molar-refractivity contribution in [3.63, 3.8) is 0 Å². The van der Waals surface area contributed by atoms with Crippen molar-refractivity contribution in [3.05, 3.63) is 16.9 Å². The van der Waals surface area contributed by atoms with Gasteiger partial charge in [-0.15, -0.1) is 16.4 Å². The van der Waals surface area contributed by atoms with E-state index in [1.807, 2.05) is 0 Å². The van der Waals surface area contributed by atoms with Crippen LogP contribution in [0.25, 0.3) is 0 Å². The van der Waals surface area contributed by atoms with Crippen molar-refractivity contribution in [2.75, 3.05) is 5.73 Å². The molecule has 5 N–H and O–H groups in total. The SMILES string of the molecule is Cc1nnnn1C[C@H]1C(NC(=O)/C(=N\OC(C)(C)C(=O)O)c2csc(N)n2)C(=O)N1S(=O)(=O)O. The number of aromatic nitrogens is 5. The standard InChI is InChI=1S/C15H19N9O8S2/c1-6-19-21-22-23(6)4-8-10(12(26)24(8)34(29,30)31)18-11(25)9(7-5-33-14(16)17-7)20-32-15(2,3)13(27)28/h5,8,10H,4H2,1-3H3,(H2,16,17)(H,18,25)(H,27,28)(H,29,30,31)/b20-9-/t8-,10?/m0/s1. The summed E-state index contributed by atoms with van der Waals surface area (Å²) in [5, 5.41) is 27.2. The molecule has 17 nitrogen and oxygen atoms in total. The molecule has 2 aromatic heterocycles. The molecule has 3 heterocycles. The van der Waals surface area contributed by atoms with Gasteiger partial charge in [0.05, 0.1) is 12.6 Å². The molecule has 2 amide bonds. The Hall–Kier alpha value is -3.71. The number of nitrogen functional groups attached to an aromatic ring is 1. The van der Waals surface area contributed by atoms with Crippen molar-refractivity contribution < 1.29 is 37.3 Å². The highest BCUT2D eigenvalue weighted by Crippen LogP contribution is 2.25.